The number of rotatable bonds is 2. The lowest BCUT2D eigenvalue weighted by atomic mass is 9.94. The van der Waals surface area contributed by atoms with E-state index in [0.717, 1.165) is 12.5 Å². The molecular formula is C14H16ClF3N2O. The zero-order chi connectivity index (χ0) is 15.6. The summed E-state index contributed by atoms with van der Waals surface area (Å²) in [5.74, 6) is -0.0799. The number of nitrogens with one attached hydrogen (secondary N) is 2. The average molecular weight is 321 g/mol. The van der Waals surface area contributed by atoms with Crippen LogP contribution >= 0.6 is 11.6 Å². The van der Waals surface area contributed by atoms with Gasteiger partial charge in [0, 0.05) is 5.02 Å². The first-order valence-corrected chi connectivity index (χ1v) is 7.06. The summed E-state index contributed by atoms with van der Waals surface area (Å²) in [7, 11) is 0. The molecule has 1 aliphatic rings. The second kappa shape index (κ2) is 6.23. The summed E-state index contributed by atoms with van der Waals surface area (Å²) in [4.78, 5) is 12.1. The van der Waals surface area contributed by atoms with Crippen LogP contribution in [-0.2, 0) is 11.0 Å². The number of benzene rings is 1. The molecular weight excluding hydrogens is 305 g/mol. The number of halogens is 4. The molecule has 0 spiro atoms. The number of piperidine rings is 1. The van der Waals surface area contributed by atoms with Gasteiger partial charge in [-0.15, -0.1) is 0 Å². The van der Waals surface area contributed by atoms with Gasteiger partial charge >= 0.3 is 6.18 Å². The van der Waals surface area contributed by atoms with E-state index in [9.17, 15) is 18.0 Å². The van der Waals surface area contributed by atoms with Gasteiger partial charge in [-0.05, 0) is 43.5 Å². The Kier molecular flexibility index (Phi) is 4.78. The molecule has 2 N–H and O–H groups in total. The van der Waals surface area contributed by atoms with Crippen molar-refractivity contribution in [2.75, 3.05) is 11.9 Å². The van der Waals surface area contributed by atoms with Crippen molar-refractivity contribution in [3.8, 4) is 0 Å². The molecule has 0 saturated carbocycles. The zero-order valence-electron chi connectivity index (χ0n) is 11.4. The number of carbonyl (C=O) groups excluding carboxylic acids is 1. The van der Waals surface area contributed by atoms with E-state index in [4.69, 9.17) is 11.6 Å². The Morgan fingerprint density at radius 3 is 2.76 bits per heavy atom. The van der Waals surface area contributed by atoms with E-state index in [0.29, 0.717) is 18.9 Å². The Morgan fingerprint density at radius 2 is 2.14 bits per heavy atom. The molecule has 1 fully saturated rings. The van der Waals surface area contributed by atoms with Crippen molar-refractivity contribution in [1.82, 2.24) is 5.32 Å². The number of amides is 1. The van der Waals surface area contributed by atoms with Crippen molar-refractivity contribution in [2.24, 2.45) is 5.92 Å². The van der Waals surface area contributed by atoms with Gasteiger partial charge in [0.25, 0.3) is 0 Å². The Morgan fingerprint density at radius 1 is 1.43 bits per heavy atom. The van der Waals surface area contributed by atoms with Crippen molar-refractivity contribution in [3.05, 3.63) is 28.8 Å². The number of carbonyl (C=O) groups is 1. The molecule has 3 nitrogen and oxygen atoms in total. The average Bonchev–Trinajstić information content (AvgIpc) is 2.39. The monoisotopic (exact) mass is 320 g/mol. The molecule has 1 aliphatic heterocycles. The molecule has 1 saturated heterocycles. The Balaban J connectivity index is 2.17. The fourth-order valence-electron chi connectivity index (χ4n) is 2.39. The minimum atomic E-state index is -4.57. The Bertz CT molecular complexity index is 533. The first-order chi connectivity index (χ1) is 9.77. The summed E-state index contributed by atoms with van der Waals surface area (Å²) in [5.41, 5.74) is -1.20. The molecule has 2 unspecified atom stereocenters. The van der Waals surface area contributed by atoms with E-state index in [2.05, 4.69) is 10.6 Å². The van der Waals surface area contributed by atoms with Gasteiger partial charge in [0.15, 0.2) is 0 Å². The van der Waals surface area contributed by atoms with Crippen molar-refractivity contribution in [3.63, 3.8) is 0 Å². The largest absolute Gasteiger partial charge is 0.418 e. The smallest absolute Gasteiger partial charge is 0.324 e. The highest BCUT2D eigenvalue weighted by atomic mass is 35.5. The lowest BCUT2D eigenvalue weighted by Crippen LogP contribution is -2.45. The van der Waals surface area contributed by atoms with E-state index < -0.39 is 23.7 Å². The highest BCUT2D eigenvalue weighted by Crippen LogP contribution is 2.36. The number of hydrogen-bond acceptors (Lipinski definition) is 2. The maximum absolute atomic E-state index is 13.0. The highest BCUT2D eigenvalue weighted by molar-refractivity contribution is 6.30. The Labute approximate surface area is 125 Å². The first-order valence-electron chi connectivity index (χ1n) is 6.68. The summed E-state index contributed by atoms with van der Waals surface area (Å²) in [6, 6.07) is 2.85. The molecule has 1 aromatic rings. The second-order valence-corrected chi connectivity index (χ2v) is 5.75. The third-order valence-corrected chi connectivity index (χ3v) is 3.76. The standard InChI is InChI=1S/C14H16ClF3N2O/c1-8-4-5-19-12(6-8)13(21)20-11-3-2-9(15)7-10(11)14(16,17)18/h2-3,7-8,12,19H,4-6H2,1H3,(H,20,21). The van der Waals surface area contributed by atoms with Gasteiger partial charge < -0.3 is 10.6 Å². The third-order valence-electron chi connectivity index (χ3n) is 3.53. The minimum Gasteiger partial charge on any atom is -0.324 e. The predicted molar refractivity (Wildman–Crippen MR) is 75.3 cm³/mol. The highest BCUT2D eigenvalue weighted by Gasteiger charge is 2.35. The normalized spacial score (nSPS) is 22.9. The van der Waals surface area contributed by atoms with Gasteiger partial charge in [0.1, 0.15) is 0 Å². The predicted octanol–water partition coefficient (Wildman–Crippen LogP) is 3.69. The molecule has 0 aromatic heterocycles. The van der Waals surface area contributed by atoms with E-state index >= 15 is 0 Å². The fourth-order valence-corrected chi connectivity index (χ4v) is 2.56. The molecule has 0 bridgehead atoms. The minimum absolute atomic E-state index is 0.0234. The van der Waals surface area contributed by atoms with E-state index in [1.807, 2.05) is 6.92 Å². The molecule has 2 atom stereocenters. The van der Waals surface area contributed by atoms with E-state index in [1.54, 1.807) is 0 Å². The topological polar surface area (TPSA) is 41.1 Å². The van der Waals surface area contributed by atoms with Crippen LogP contribution in [0.15, 0.2) is 18.2 Å². The van der Waals surface area contributed by atoms with Gasteiger partial charge in [-0.2, -0.15) is 13.2 Å². The zero-order valence-corrected chi connectivity index (χ0v) is 12.2. The van der Waals surface area contributed by atoms with Crippen molar-refractivity contribution < 1.29 is 18.0 Å². The molecule has 0 aliphatic carbocycles. The number of anilines is 1. The molecule has 116 valence electrons. The number of alkyl halides is 3. The number of hydrogen-bond donors (Lipinski definition) is 2. The van der Waals surface area contributed by atoms with Gasteiger partial charge in [0.05, 0.1) is 17.3 Å². The molecule has 0 radical (unpaired) electrons. The van der Waals surface area contributed by atoms with Gasteiger partial charge in [-0.3, -0.25) is 4.79 Å². The Hall–Kier alpha value is -1.27. The summed E-state index contributed by atoms with van der Waals surface area (Å²) < 4.78 is 38.9. The molecule has 2 rings (SSSR count). The van der Waals surface area contributed by atoms with Crippen LogP contribution in [0.25, 0.3) is 0 Å². The SMILES string of the molecule is CC1CCNC(C(=O)Nc2ccc(Cl)cc2C(F)(F)F)C1. The van der Waals surface area contributed by atoms with Crippen LogP contribution in [-0.4, -0.2) is 18.5 Å². The summed E-state index contributed by atoms with van der Waals surface area (Å²) in [6.07, 6.45) is -3.00. The van der Waals surface area contributed by atoms with Gasteiger partial charge in [0.2, 0.25) is 5.91 Å². The van der Waals surface area contributed by atoms with Crippen LogP contribution < -0.4 is 10.6 Å². The van der Waals surface area contributed by atoms with E-state index in [1.165, 1.54) is 12.1 Å². The van der Waals surface area contributed by atoms with Crippen LogP contribution in [0, 0.1) is 5.92 Å². The molecule has 7 heteroatoms. The lowest BCUT2D eigenvalue weighted by molar-refractivity contribution is -0.137. The van der Waals surface area contributed by atoms with Crippen LogP contribution in [0.1, 0.15) is 25.3 Å². The van der Waals surface area contributed by atoms with E-state index in [-0.39, 0.29) is 10.7 Å². The van der Waals surface area contributed by atoms with Crippen LogP contribution in [0.2, 0.25) is 5.02 Å². The summed E-state index contributed by atoms with van der Waals surface area (Å²) >= 11 is 5.60. The maximum atomic E-state index is 13.0. The van der Waals surface area contributed by atoms with Crippen LogP contribution in [0.4, 0.5) is 18.9 Å². The summed E-state index contributed by atoms with van der Waals surface area (Å²) in [5, 5.41) is 5.35. The lowest BCUT2D eigenvalue weighted by Gasteiger charge is -2.27. The van der Waals surface area contributed by atoms with Crippen molar-refractivity contribution in [1.29, 1.82) is 0 Å². The van der Waals surface area contributed by atoms with Crippen LogP contribution in [0.5, 0.6) is 0 Å². The molecule has 1 heterocycles. The van der Waals surface area contributed by atoms with Crippen molar-refractivity contribution in [2.45, 2.75) is 32.0 Å². The second-order valence-electron chi connectivity index (χ2n) is 5.31. The quantitative estimate of drug-likeness (QED) is 0.872. The van der Waals surface area contributed by atoms with Crippen LogP contribution in [0.3, 0.4) is 0 Å². The fraction of sp³-hybridized carbons (Fsp3) is 0.500. The van der Waals surface area contributed by atoms with Gasteiger partial charge in [-0.1, -0.05) is 18.5 Å². The molecule has 21 heavy (non-hydrogen) atoms. The first kappa shape index (κ1) is 16.1. The maximum Gasteiger partial charge on any atom is 0.418 e. The molecule has 1 aromatic carbocycles. The summed E-state index contributed by atoms with van der Waals surface area (Å²) in [6.45, 7) is 2.70. The third kappa shape index (κ3) is 4.11. The van der Waals surface area contributed by atoms with Gasteiger partial charge in [-0.25, -0.2) is 0 Å². The molecule has 1 amide bonds. The van der Waals surface area contributed by atoms with Crippen molar-refractivity contribution >= 4 is 23.2 Å².